The lowest BCUT2D eigenvalue weighted by molar-refractivity contribution is 0.524. The lowest BCUT2D eigenvalue weighted by Crippen LogP contribution is -2.00. The van der Waals surface area contributed by atoms with Gasteiger partial charge in [0.25, 0.3) is 0 Å². The Morgan fingerprint density at radius 1 is 1.50 bits per heavy atom. The van der Waals surface area contributed by atoms with E-state index in [9.17, 15) is 0 Å². The van der Waals surface area contributed by atoms with Crippen molar-refractivity contribution in [2.45, 2.75) is 26.8 Å². The van der Waals surface area contributed by atoms with Gasteiger partial charge in [-0.1, -0.05) is 6.92 Å². The number of hydrogen-bond acceptors (Lipinski definition) is 2. The molecule has 1 aromatic heterocycles. The van der Waals surface area contributed by atoms with Crippen LogP contribution >= 0.6 is 15.9 Å². The first-order valence-corrected chi connectivity index (χ1v) is 4.10. The Hall–Kier alpha value is -0.380. The number of hydrogen-bond donors (Lipinski definition) is 0. The highest BCUT2D eigenvalue weighted by Crippen LogP contribution is 2.08. The van der Waals surface area contributed by atoms with Gasteiger partial charge in [-0.3, -0.25) is 0 Å². The summed E-state index contributed by atoms with van der Waals surface area (Å²) in [5.74, 6) is 0. The average Bonchev–Trinajstić information content (AvgIpc) is 2.14. The molecular formula is C6H10BrN3. The van der Waals surface area contributed by atoms with E-state index < -0.39 is 0 Å². The van der Waals surface area contributed by atoms with Gasteiger partial charge in [0.05, 0.1) is 12.2 Å². The first kappa shape index (κ1) is 7.72. The highest BCUT2D eigenvalue weighted by Gasteiger charge is 2.00. The largest absolute Gasteiger partial charge is 0.184 e. The van der Waals surface area contributed by atoms with Crippen LogP contribution in [0.3, 0.4) is 0 Å². The number of aromatic nitrogens is 3. The summed E-state index contributed by atoms with van der Waals surface area (Å²) in [4.78, 5) is 1.71. The molecule has 0 radical (unpaired) electrons. The SMILES string of the molecule is CCCn1nc(C)c(Br)n1. The molecule has 1 aromatic rings. The number of nitrogens with zero attached hydrogens (tertiary/aromatic N) is 3. The van der Waals surface area contributed by atoms with E-state index in [2.05, 4.69) is 33.1 Å². The molecule has 1 heterocycles. The van der Waals surface area contributed by atoms with Crippen LogP contribution in [0.1, 0.15) is 19.0 Å². The summed E-state index contributed by atoms with van der Waals surface area (Å²) in [5, 5.41) is 8.28. The number of aryl methyl sites for hydroxylation is 2. The minimum atomic E-state index is 0.848. The first-order valence-electron chi connectivity index (χ1n) is 3.31. The van der Waals surface area contributed by atoms with Gasteiger partial charge in [-0.05, 0) is 29.3 Å². The minimum Gasteiger partial charge on any atom is -0.184 e. The van der Waals surface area contributed by atoms with Gasteiger partial charge in [0.1, 0.15) is 0 Å². The predicted octanol–water partition coefficient (Wildman–Crippen LogP) is 1.76. The average molecular weight is 204 g/mol. The van der Waals surface area contributed by atoms with Crippen LogP contribution in [0.25, 0.3) is 0 Å². The van der Waals surface area contributed by atoms with Crippen molar-refractivity contribution in [3.8, 4) is 0 Å². The molecule has 0 aliphatic rings. The van der Waals surface area contributed by atoms with Gasteiger partial charge >= 0.3 is 0 Å². The summed E-state index contributed by atoms with van der Waals surface area (Å²) in [7, 11) is 0. The molecule has 0 saturated carbocycles. The van der Waals surface area contributed by atoms with Crippen molar-refractivity contribution in [2.24, 2.45) is 0 Å². The Labute approximate surface area is 68.6 Å². The Balaban J connectivity index is 2.77. The van der Waals surface area contributed by atoms with Crippen molar-refractivity contribution < 1.29 is 0 Å². The van der Waals surface area contributed by atoms with Crippen LogP contribution in [0.4, 0.5) is 0 Å². The van der Waals surface area contributed by atoms with E-state index >= 15 is 0 Å². The Morgan fingerprint density at radius 3 is 2.60 bits per heavy atom. The molecule has 0 fully saturated rings. The van der Waals surface area contributed by atoms with Crippen molar-refractivity contribution in [1.82, 2.24) is 15.0 Å². The van der Waals surface area contributed by atoms with Crippen LogP contribution in [-0.4, -0.2) is 15.0 Å². The maximum atomic E-state index is 4.16. The summed E-state index contributed by atoms with van der Waals surface area (Å²) < 4.78 is 0.848. The molecule has 10 heavy (non-hydrogen) atoms. The summed E-state index contributed by atoms with van der Waals surface area (Å²) in [6.45, 7) is 4.93. The van der Waals surface area contributed by atoms with E-state index in [1.165, 1.54) is 0 Å². The number of rotatable bonds is 2. The summed E-state index contributed by atoms with van der Waals surface area (Å²) >= 11 is 3.29. The molecule has 0 saturated heterocycles. The Kier molecular flexibility index (Phi) is 2.43. The second-order valence-electron chi connectivity index (χ2n) is 2.17. The molecule has 0 aliphatic heterocycles. The van der Waals surface area contributed by atoms with E-state index in [4.69, 9.17) is 0 Å². The second kappa shape index (κ2) is 3.14. The third-order valence-electron chi connectivity index (χ3n) is 1.19. The molecule has 0 aliphatic carbocycles. The van der Waals surface area contributed by atoms with Crippen molar-refractivity contribution in [2.75, 3.05) is 0 Å². The van der Waals surface area contributed by atoms with Crippen LogP contribution in [0.5, 0.6) is 0 Å². The van der Waals surface area contributed by atoms with E-state index in [0.717, 1.165) is 23.3 Å². The fourth-order valence-electron chi connectivity index (χ4n) is 0.710. The third-order valence-corrected chi connectivity index (χ3v) is 1.92. The molecule has 0 N–H and O–H groups in total. The topological polar surface area (TPSA) is 30.7 Å². The molecule has 0 spiro atoms. The third kappa shape index (κ3) is 1.56. The van der Waals surface area contributed by atoms with Crippen molar-refractivity contribution in [1.29, 1.82) is 0 Å². The maximum absolute atomic E-state index is 4.16. The molecule has 1 rings (SSSR count). The quantitative estimate of drug-likeness (QED) is 0.734. The van der Waals surface area contributed by atoms with Gasteiger partial charge in [-0.25, -0.2) is 0 Å². The van der Waals surface area contributed by atoms with Gasteiger partial charge in [-0.2, -0.15) is 9.90 Å². The van der Waals surface area contributed by atoms with Crippen molar-refractivity contribution in [3.05, 3.63) is 10.3 Å². The molecule has 0 aromatic carbocycles. The zero-order valence-electron chi connectivity index (χ0n) is 6.13. The lowest BCUT2D eigenvalue weighted by Gasteiger charge is -1.91. The second-order valence-corrected chi connectivity index (χ2v) is 2.92. The normalized spacial score (nSPS) is 10.3. The van der Waals surface area contributed by atoms with E-state index in [1.807, 2.05) is 6.92 Å². The van der Waals surface area contributed by atoms with Gasteiger partial charge < -0.3 is 0 Å². The molecule has 3 nitrogen and oxygen atoms in total. The Bertz CT molecular complexity index is 199. The standard InChI is InChI=1S/C6H10BrN3/c1-3-4-10-8-5(2)6(7)9-10/h3-4H2,1-2H3. The maximum Gasteiger partial charge on any atom is 0.151 e. The molecule has 0 atom stereocenters. The summed E-state index contributed by atoms with van der Waals surface area (Å²) in [5.41, 5.74) is 0.952. The van der Waals surface area contributed by atoms with E-state index in [-0.39, 0.29) is 0 Å². The minimum absolute atomic E-state index is 0.848. The van der Waals surface area contributed by atoms with Gasteiger partial charge in [-0.15, -0.1) is 5.10 Å². The fraction of sp³-hybridized carbons (Fsp3) is 0.667. The molecular weight excluding hydrogens is 194 g/mol. The molecule has 4 heteroatoms. The smallest absolute Gasteiger partial charge is 0.151 e. The van der Waals surface area contributed by atoms with Gasteiger partial charge in [0.2, 0.25) is 0 Å². The van der Waals surface area contributed by atoms with Crippen molar-refractivity contribution >= 4 is 15.9 Å². The number of halogens is 1. The zero-order valence-corrected chi connectivity index (χ0v) is 7.72. The summed E-state index contributed by atoms with van der Waals surface area (Å²) in [6, 6.07) is 0. The van der Waals surface area contributed by atoms with Crippen molar-refractivity contribution in [3.63, 3.8) is 0 Å². The molecule has 0 bridgehead atoms. The Morgan fingerprint density at radius 2 is 2.20 bits per heavy atom. The van der Waals surface area contributed by atoms with Crippen LogP contribution in [0, 0.1) is 6.92 Å². The molecule has 0 unspecified atom stereocenters. The van der Waals surface area contributed by atoms with Crippen LogP contribution in [0.15, 0.2) is 4.60 Å². The zero-order chi connectivity index (χ0) is 7.56. The summed E-state index contributed by atoms with van der Waals surface area (Å²) in [6.07, 6.45) is 1.07. The monoisotopic (exact) mass is 203 g/mol. The molecule has 56 valence electrons. The van der Waals surface area contributed by atoms with Gasteiger partial charge in [0.15, 0.2) is 4.60 Å². The highest BCUT2D eigenvalue weighted by molar-refractivity contribution is 9.10. The first-order chi connectivity index (χ1) is 4.74. The predicted molar refractivity (Wildman–Crippen MR) is 42.8 cm³/mol. The van der Waals surface area contributed by atoms with Crippen LogP contribution < -0.4 is 0 Å². The van der Waals surface area contributed by atoms with E-state index in [0.29, 0.717) is 0 Å². The van der Waals surface area contributed by atoms with Gasteiger partial charge in [0, 0.05) is 0 Å². The van der Waals surface area contributed by atoms with Crippen LogP contribution in [0.2, 0.25) is 0 Å². The molecule has 0 amide bonds. The highest BCUT2D eigenvalue weighted by atomic mass is 79.9. The fourth-order valence-corrected chi connectivity index (χ4v) is 0.973. The van der Waals surface area contributed by atoms with Crippen LogP contribution in [-0.2, 0) is 6.54 Å². The van der Waals surface area contributed by atoms with E-state index in [1.54, 1.807) is 4.80 Å². The lowest BCUT2D eigenvalue weighted by atomic mass is 10.5.